The van der Waals surface area contributed by atoms with Crippen LogP contribution in [0.4, 0.5) is 0 Å². The highest BCUT2D eigenvalue weighted by Gasteiger charge is 2.13. The van der Waals surface area contributed by atoms with Gasteiger partial charge in [0.05, 0.1) is 11.7 Å². The maximum Gasteiger partial charge on any atom is 0.354 e. The first kappa shape index (κ1) is 16.4. The van der Waals surface area contributed by atoms with E-state index in [1.807, 2.05) is 0 Å². The van der Waals surface area contributed by atoms with Gasteiger partial charge in [-0.1, -0.05) is 19.3 Å². The zero-order valence-electron chi connectivity index (χ0n) is 12.6. The minimum atomic E-state index is -1.10. The zero-order valence-corrected chi connectivity index (χ0v) is 12.6. The highest BCUT2D eigenvalue weighted by Crippen LogP contribution is 2.20. The molecule has 6 nitrogen and oxygen atoms in total. The number of rotatable bonds is 7. The smallest absolute Gasteiger partial charge is 0.354 e. The standard InChI is InChI=1S/C16H22N2O4/c19-15(12-7-8-14(16(20)21)18-11-12)17-9-4-10-22-13-5-2-1-3-6-13/h7-8,11,13H,1-6,9-10H2,(H,17,19)(H,20,21). The summed E-state index contributed by atoms with van der Waals surface area (Å²) in [5.74, 6) is -1.35. The lowest BCUT2D eigenvalue weighted by molar-refractivity contribution is 0.0273. The van der Waals surface area contributed by atoms with Crippen molar-refractivity contribution in [3.63, 3.8) is 0 Å². The predicted octanol–water partition coefficient (Wildman–Crippen LogP) is 2.25. The summed E-state index contributed by atoms with van der Waals surface area (Å²) in [6.07, 6.45) is 8.53. The first-order valence-electron chi connectivity index (χ1n) is 7.76. The summed E-state index contributed by atoms with van der Waals surface area (Å²) in [4.78, 5) is 26.3. The van der Waals surface area contributed by atoms with Crippen LogP contribution in [0.1, 0.15) is 59.4 Å². The van der Waals surface area contributed by atoms with E-state index in [1.165, 1.54) is 37.6 Å². The van der Waals surface area contributed by atoms with Gasteiger partial charge in [-0.25, -0.2) is 9.78 Å². The van der Waals surface area contributed by atoms with Crippen molar-refractivity contribution in [3.05, 3.63) is 29.6 Å². The van der Waals surface area contributed by atoms with Crippen molar-refractivity contribution in [2.75, 3.05) is 13.2 Å². The van der Waals surface area contributed by atoms with E-state index in [1.54, 1.807) is 0 Å². The molecule has 0 saturated heterocycles. The number of carbonyl (C=O) groups is 2. The lowest BCUT2D eigenvalue weighted by atomic mass is 9.98. The molecule has 1 amide bonds. The maximum atomic E-state index is 11.9. The minimum Gasteiger partial charge on any atom is -0.477 e. The second-order valence-electron chi connectivity index (χ2n) is 5.48. The number of aromatic carboxylic acids is 1. The van der Waals surface area contributed by atoms with Gasteiger partial charge in [-0.3, -0.25) is 4.79 Å². The third-order valence-electron chi connectivity index (χ3n) is 3.76. The van der Waals surface area contributed by atoms with Gasteiger partial charge < -0.3 is 15.2 Å². The Hall–Kier alpha value is -1.95. The Balaban J connectivity index is 1.63. The van der Waals surface area contributed by atoms with Crippen molar-refractivity contribution >= 4 is 11.9 Å². The van der Waals surface area contributed by atoms with Crippen LogP contribution in [-0.2, 0) is 4.74 Å². The molecule has 0 spiro atoms. The van der Waals surface area contributed by atoms with E-state index in [0.29, 0.717) is 24.8 Å². The van der Waals surface area contributed by atoms with E-state index in [2.05, 4.69) is 10.3 Å². The van der Waals surface area contributed by atoms with E-state index in [0.717, 1.165) is 19.3 Å². The van der Waals surface area contributed by atoms with Gasteiger partial charge in [0.25, 0.3) is 5.91 Å². The first-order chi connectivity index (χ1) is 10.7. The van der Waals surface area contributed by atoms with Crippen LogP contribution in [0.15, 0.2) is 18.3 Å². The van der Waals surface area contributed by atoms with Gasteiger partial charge in [-0.15, -0.1) is 0 Å². The number of carbonyl (C=O) groups excluding carboxylic acids is 1. The van der Waals surface area contributed by atoms with Crippen LogP contribution in [0.5, 0.6) is 0 Å². The van der Waals surface area contributed by atoms with Crippen molar-refractivity contribution in [2.45, 2.75) is 44.6 Å². The second kappa shape index (κ2) is 8.48. The molecule has 2 rings (SSSR count). The van der Waals surface area contributed by atoms with E-state index in [-0.39, 0.29) is 11.6 Å². The Morgan fingerprint density at radius 2 is 2.05 bits per heavy atom. The monoisotopic (exact) mass is 306 g/mol. The van der Waals surface area contributed by atoms with E-state index in [9.17, 15) is 9.59 Å². The molecule has 0 atom stereocenters. The van der Waals surface area contributed by atoms with Crippen LogP contribution in [0.2, 0.25) is 0 Å². The number of hydrogen-bond acceptors (Lipinski definition) is 4. The third-order valence-corrected chi connectivity index (χ3v) is 3.76. The molecule has 1 aliphatic rings. The van der Waals surface area contributed by atoms with Crippen LogP contribution in [-0.4, -0.2) is 41.2 Å². The molecular formula is C16H22N2O4. The topological polar surface area (TPSA) is 88.5 Å². The molecule has 1 fully saturated rings. The Morgan fingerprint density at radius 1 is 1.27 bits per heavy atom. The Morgan fingerprint density at radius 3 is 2.68 bits per heavy atom. The summed E-state index contributed by atoms with van der Waals surface area (Å²) in [7, 11) is 0. The third kappa shape index (κ3) is 5.11. The van der Waals surface area contributed by atoms with E-state index < -0.39 is 5.97 Å². The number of carboxylic acids is 1. The molecule has 0 unspecified atom stereocenters. The summed E-state index contributed by atoms with van der Waals surface area (Å²) < 4.78 is 5.78. The lowest BCUT2D eigenvalue weighted by Gasteiger charge is -2.21. The van der Waals surface area contributed by atoms with Crippen LogP contribution < -0.4 is 5.32 Å². The summed E-state index contributed by atoms with van der Waals surface area (Å²) in [6.45, 7) is 1.19. The van der Waals surface area contributed by atoms with Gasteiger partial charge in [-0.05, 0) is 31.4 Å². The average molecular weight is 306 g/mol. The molecule has 0 bridgehead atoms. The average Bonchev–Trinajstić information content (AvgIpc) is 2.55. The number of aromatic nitrogens is 1. The predicted molar refractivity (Wildman–Crippen MR) is 81.0 cm³/mol. The molecule has 120 valence electrons. The number of amides is 1. The zero-order chi connectivity index (χ0) is 15.8. The van der Waals surface area contributed by atoms with Crippen molar-refractivity contribution < 1.29 is 19.4 Å². The molecule has 0 aromatic carbocycles. The van der Waals surface area contributed by atoms with Crippen LogP contribution in [0.3, 0.4) is 0 Å². The summed E-state index contributed by atoms with van der Waals surface area (Å²) in [5, 5.41) is 11.5. The Labute approximate surface area is 129 Å². The van der Waals surface area contributed by atoms with E-state index >= 15 is 0 Å². The fraction of sp³-hybridized carbons (Fsp3) is 0.562. The Bertz CT molecular complexity index is 495. The Kier molecular flexibility index (Phi) is 6.33. The second-order valence-corrected chi connectivity index (χ2v) is 5.48. The van der Waals surface area contributed by atoms with E-state index in [4.69, 9.17) is 9.84 Å². The van der Waals surface area contributed by atoms with Gasteiger partial charge in [-0.2, -0.15) is 0 Å². The fourth-order valence-electron chi connectivity index (χ4n) is 2.51. The fourth-order valence-corrected chi connectivity index (χ4v) is 2.51. The highest BCUT2D eigenvalue weighted by atomic mass is 16.5. The van der Waals surface area contributed by atoms with Crippen molar-refractivity contribution in [1.82, 2.24) is 10.3 Å². The normalized spacial score (nSPS) is 15.5. The summed E-state index contributed by atoms with van der Waals surface area (Å²) in [5.41, 5.74) is 0.288. The number of pyridine rings is 1. The summed E-state index contributed by atoms with van der Waals surface area (Å²) >= 11 is 0. The molecule has 1 heterocycles. The summed E-state index contributed by atoms with van der Waals surface area (Å²) in [6, 6.07) is 2.79. The first-order valence-corrected chi connectivity index (χ1v) is 7.76. The number of ether oxygens (including phenoxy) is 1. The van der Waals surface area contributed by atoms with Gasteiger partial charge in [0.2, 0.25) is 0 Å². The molecule has 0 radical (unpaired) electrons. The number of carboxylic acid groups (broad SMARTS) is 1. The van der Waals surface area contributed by atoms with Gasteiger partial charge in [0.1, 0.15) is 5.69 Å². The quantitative estimate of drug-likeness (QED) is 0.754. The number of hydrogen-bond donors (Lipinski definition) is 2. The number of nitrogens with one attached hydrogen (secondary N) is 1. The van der Waals surface area contributed by atoms with Crippen LogP contribution in [0.25, 0.3) is 0 Å². The minimum absolute atomic E-state index is 0.0718. The van der Waals surface area contributed by atoms with Crippen molar-refractivity contribution in [3.8, 4) is 0 Å². The van der Waals surface area contributed by atoms with Crippen LogP contribution in [0, 0.1) is 0 Å². The lowest BCUT2D eigenvalue weighted by Crippen LogP contribution is -2.26. The molecule has 1 aliphatic carbocycles. The molecule has 1 saturated carbocycles. The molecule has 6 heteroatoms. The van der Waals surface area contributed by atoms with Gasteiger partial charge in [0, 0.05) is 19.3 Å². The molecular weight excluding hydrogens is 284 g/mol. The SMILES string of the molecule is O=C(NCCCOC1CCCCC1)c1ccc(C(=O)O)nc1. The molecule has 1 aromatic rings. The molecule has 2 N–H and O–H groups in total. The largest absolute Gasteiger partial charge is 0.477 e. The van der Waals surface area contributed by atoms with Crippen molar-refractivity contribution in [2.24, 2.45) is 0 Å². The molecule has 22 heavy (non-hydrogen) atoms. The van der Waals surface area contributed by atoms with Gasteiger partial charge >= 0.3 is 5.97 Å². The molecule has 0 aliphatic heterocycles. The van der Waals surface area contributed by atoms with Crippen molar-refractivity contribution in [1.29, 1.82) is 0 Å². The highest BCUT2D eigenvalue weighted by molar-refractivity contribution is 5.94. The van der Waals surface area contributed by atoms with Gasteiger partial charge in [0.15, 0.2) is 0 Å². The molecule has 1 aromatic heterocycles. The van der Waals surface area contributed by atoms with Crippen LogP contribution >= 0.6 is 0 Å². The maximum absolute atomic E-state index is 11.9. The number of nitrogens with zero attached hydrogens (tertiary/aromatic N) is 1.